The van der Waals surface area contributed by atoms with Crippen molar-refractivity contribution in [2.45, 2.75) is 31.8 Å². The van der Waals surface area contributed by atoms with E-state index in [0.717, 1.165) is 10.8 Å². The molecule has 7 nitrogen and oxygen atoms in total. The molecule has 0 spiro atoms. The maximum absolute atomic E-state index is 13.6. The summed E-state index contributed by atoms with van der Waals surface area (Å²) in [6.07, 6.45) is 3.04. The minimum atomic E-state index is -4.03. The van der Waals surface area contributed by atoms with E-state index in [2.05, 4.69) is 26.5 Å². The van der Waals surface area contributed by atoms with Crippen LogP contribution in [0.5, 0.6) is 5.75 Å². The lowest BCUT2D eigenvalue weighted by Gasteiger charge is -2.15. The summed E-state index contributed by atoms with van der Waals surface area (Å²) in [5.41, 5.74) is 2.14. The van der Waals surface area contributed by atoms with Crippen molar-refractivity contribution in [2.24, 2.45) is 0 Å². The van der Waals surface area contributed by atoms with Crippen LogP contribution in [0.25, 0.3) is 21.7 Å². The molecule has 194 valence electrons. The summed E-state index contributed by atoms with van der Waals surface area (Å²) in [4.78, 5) is 20.7. The van der Waals surface area contributed by atoms with E-state index in [-0.39, 0.29) is 16.8 Å². The standard InChI is InChI=1S/C31H25N3O4S/c1-20(2)38-28-16-17-29(31-26(28)12-8-18-32-31)39(36,37)34-27-13-7-4-9-22(27)14-15-23-19-33-30(21(3)35)25-11-6-5-10-24(23)25/h4-13,16-20,34H,1-3H3. The van der Waals surface area contributed by atoms with Gasteiger partial charge in [0, 0.05) is 41.0 Å². The molecule has 5 rings (SSSR count). The van der Waals surface area contributed by atoms with Gasteiger partial charge in [0.25, 0.3) is 10.0 Å². The smallest absolute Gasteiger partial charge is 0.264 e. The number of pyridine rings is 2. The number of carbonyl (C=O) groups excluding carboxylic acids is 1. The molecule has 2 heterocycles. The molecule has 0 aliphatic rings. The molecule has 0 unspecified atom stereocenters. The Morgan fingerprint density at radius 2 is 1.54 bits per heavy atom. The normalized spacial score (nSPS) is 11.3. The minimum Gasteiger partial charge on any atom is -0.490 e. The first-order valence-electron chi connectivity index (χ1n) is 12.3. The third-order valence-electron chi connectivity index (χ3n) is 5.98. The van der Waals surface area contributed by atoms with Crippen LogP contribution in [0.15, 0.2) is 90.1 Å². The summed E-state index contributed by atoms with van der Waals surface area (Å²) in [6.45, 7) is 5.29. The Morgan fingerprint density at radius 1 is 0.846 bits per heavy atom. The molecule has 0 radical (unpaired) electrons. The van der Waals surface area contributed by atoms with Gasteiger partial charge in [-0.3, -0.25) is 19.5 Å². The van der Waals surface area contributed by atoms with Gasteiger partial charge < -0.3 is 4.74 Å². The van der Waals surface area contributed by atoms with Crippen molar-refractivity contribution in [2.75, 3.05) is 4.72 Å². The Hall–Kier alpha value is -4.74. The third-order valence-corrected chi connectivity index (χ3v) is 7.37. The predicted molar refractivity (Wildman–Crippen MR) is 152 cm³/mol. The molecular weight excluding hydrogens is 510 g/mol. The van der Waals surface area contributed by atoms with E-state index >= 15 is 0 Å². The first kappa shape index (κ1) is 25.9. The van der Waals surface area contributed by atoms with Crippen molar-refractivity contribution < 1.29 is 17.9 Å². The van der Waals surface area contributed by atoms with E-state index in [1.165, 1.54) is 13.0 Å². The number of hydrogen-bond acceptors (Lipinski definition) is 6. The van der Waals surface area contributed by atoms with Crippen LogP contribution < -0.4 is 9.46 Å². The molecule has 0 amide bonds. The van der Waals surface area contributed by atoms with E-state index in [4.69, 9.17) is 4.74 Å². The lowest BCUT2D eigenvalue weighted by atomic mass is 10.0. The Kier molecular flexibility index (Phi) is 7.01. The zero-order valence-electron chi connectivity index (χ0n) is 21.6. The SMILES string of the molecule is CC(=O)c1ncc(C#Cc2ccccc2NS(=O)(=O)c2ccc(OC(C)C)c3cccnc23)c2ccccc12. The second-order valence-electron chi connectivity index (χ2n) is 9.15. The number of hydrogen-bond donors (Lipinski definition) is 1. The summed E-state index contributed by atoms with van der Waals surface area (Å²) in [6, 6.07) is 21.0. The van der Waals surface area contributed by atoms with E-state index in [1.807, 2.05) is 38.1 Å². The van der Waals surface area contributed by atoms with Gasteiger partial charge >= 0.3 is 0 Å². The fraction of sp³-hybridized carbons (Fsp3) is 0.129. The van der Waals surface area contributed by atoms with Crippen LogP contribution in [0, 0.1) is 11.8 Å². The molecule has 39 heavy (non-hydrogen) atoms. The number of benzene rings is 3. The fourth-order valence-corrected chi connectivity index (χ4v) is 5.52. The number of rotatable bonds is 6. The van der Waals surface area contributed by atoms with Gasteiger partial charge in [-0.1, -0.05) is 48.2 Å². The Bertz CT molecular complexity index is 1900. The van der Waals surface area contributed by atoms with Crippen LogP contribution >= 0.6 is 0 Å². The molecule has 0 saturated carbocycles. The highest BCUT2D eigenvalue weighted by Gasteiger charge is 2.21. The fourth-order valence-electron chi connectivity index (χ4n) is 4.28. The summed E-state index contributed by atoms with van der Waals surface area (Å²) >= 11 is 0. The molecule has 0 saturated heterocycles. The monoisotopic (exact) mass is 535 g/mol. The van der Waals surface area contributed by atoms with Crippen molar-refractivity contribution in [3.05, 3.63) is 102 Å². The minimum absolute atomic E-state index is 0.0342. The molecule has 1 N–H and O–H groups in total. The van der Waals surface area contributed by atoms with Gasteiger partial charge in [-0.2, -0.15) is 0 Å². The Labute approximate surface area is 226 Å². The number of nitrogens with one attached hydrogen (secondary N) is 1. The molecule has 0 atom stereocenters. The number of ketones is 1. The zero-order valence-corrected chi connectivity index (χ0v) is 22.4. The Balaban J connectivity index is 1.54. The number of carbonyl (C=O) groups is 1. The van der Waals surface area contributed by atoms with Crippen LogP contribution in [0.3, 0.4) is 0 Å². The number of nitrogens with zero attached hydrogens (tertiary/aromatic N) is 2. The van der Waals surface area contributed by atoms with Crippen LogP contribution in [-0.2, 0) is 10.0 Å². The molecule has 0 aliphatic heterocycles. The van der Waals surface area contributed by atoms with E-state index in [9.17, 15) is 13.2 Å². The van der Waals surface area contributed by atoms with Gasteiger partial charge in [-0.25, -0.2) is 8.42 Å². The van der Waals surface area contributed by atoms with Crippen LogP contribution in [-0.4, -0.2) is 30.3 Å². The highest BCUT2D eigenvalue weighted by atomic mass is 32.2. The first-order chi connectivity index (χ1) is 18.7. The van der Waals surface area contributed by atoms with Crippen LogP contribution in [0.4, 0.5) is 5.69 Å². The number of fused-ring (bicyclic) bond motifs is 2. The average Bonchev–Trinajstić information content (AvgIpc) is 2.92. The van der Waals surface area contributed by atoms with Crippen molar-refractivity contribution >= 4 is 43.2 Å². The van der Waals surface area contributed by atoms with Gasteiger partial charge in [-0.15, -0.1) is 0 Å². The zero-order chi connectivity index (χ0) is 27.6. The number of aromatic nitrogens is 2. The molecule has 0 aliphatic carbocycles. The number of anilines is 1. The van der Waals surface area contributed by atoms with Crippen molar-refractivity contribution in [3.8, 4) is 17.6 Å². The van der Waals surface area contributed by atoms with Crippen molar-refractivity contribution in [1.82, 2.24) is 9.97 Å². The number of para-hydroxylation sites is 1. The highest BCUT2D eigenvalue weighted by Crippen LogP contribution is 2.31. The summed E-state index contributed by atoms with van der Waals surface area (Å²) in [5.74, 6) is 6.61. The van der Waals surface area contributed by atoms with Gasteiger partial charge in [0.05, 0.1) is 22.9 Å². The topological polar surface area (TPSA) is 98.2 Å². The van der Waals surface area contributed by atoms with Crippen LogP contribution in [0.1, 0.15) is 42.4 Å². The molecular formula is C31H25N3O4S. The number of ether oxygens (including phenoxy) is 1. The first-order valence-corrected chi connectivity index (χ1v) is 13.8. The van der Waals surface area contributed by atoms with E-state index in [0.29, 0.717) is 39.2 Å². The molecule has 3 aromatic carbocycles. The van der Waals surface area contributed by atoms with Crippen molar-refractivity contribution in [3.63, 3.8) is 0 Å². The van der Waals surface area contributed by atoms with Gasteiger partial charge in [-0.05, 0) is 50.2 Å². The molecule has 0 bridgehead atoms. The largest absolute Gasteiger partial charge is 0.490 e. The second kappa shape index (κ2) is 10.6. The van der Waals surface area contributed by atoms with E-state index < -0.39 is 10.0 Å². The lowest BCUT2D eigenvalue weighted by molar-refractivity contribution is 0.101. The third kappa shape index (κ3) is 5.31. The number of sulfonamides is 1. The maximum Gasteiger partial charge on any atom is 0.264 e. The average molecular weight is 536 g/mol. The van der Waals surface area contributed by atoms with Crippen LogP contribution in [0.2, 0.25) is 0 Å². The summed E-state index contributed by atoms with van der Waals surface area (Å²) < 4.78 is 35.7. The molecule has 5 aromatic rings. The quantitative estimate of drug-likeness (QED) is 0.212. The molecule has 8 heteroatoms. The predicted octanol–water partition coefficient (Wildman–Crippen LogP) is 5.97. The molecule has 0 fully saturated rings. The van der Waals surface area contributed by atoms with E-state index in [1.54, 1.807) is 54.9 Å². The molecule has 2 aromatic heterocycles. The van der Waals surface area contributed by atoms with Gasteiger partial charge in [0.15, 0.2) is 5.78 Å². The summed E-state index contributed by atoms with van der Waals surface area (Å²) in [5, 5.41) is 2.12. The number of Topliss-reactive ketones (excluding diaryl/α,β-unsaturated/α-hetero) is 1. The highest BCUT2D eigenvalue weighted by molar-refractivity contribution is 7.93. The van der Waals surface area contributed by atoms with Crippen molar-refractivity contribution in [1.29, 1.82) is 0 Å². The van der Waals surface area contributed by atoms with Gasteiger partial charge in [0.1, 0.15) is 16.3 Å². The second-order valence-corrected chi connectivity index (χ2v) is 10.8. The summed E-state index contributed by atoms with van der Waals surface area (Å²) in [7, 11) is -4.03. The Morgan fingerprint density at radius 3 is 2.31 bits per heavy atom. The van der Waals surface area contributed by atoms with Gasteiger partial charge in [0.2, 0.25) is 0 Å². The lowest BCUT2D eigenvalue weighted by Crippen LogP contribution is -2.15. The maximum atomic E-state index is 13.6.